The van der Waals surface area contributed by atoms with Gasteiger partial charge >= 0.3 is 0 Å². The molecule has 0 aliphatic carbocycles. The predicted molar refractivity (Wildman–Crippen MR) is 82.1 cm³/mol. The second-order valence-corrected chi connectivity index (χ2v) is 6.50. The van der Waals surface area contributed by atoms with Gasteiger partial charge in [-0.1, -0.05) is 6.92 Å². The summed E-state index contributed by atoms with van der Waals surface area (Å²) in [4.78, 5) is 2.41. The Morgan fingerprint density at radius 2 is 2.26 bits per heavy atom. The van der Waals surface area contributed by atoms with Crippen LogP contribution in [-0.2, 0) is 4.74 Å². The Bertz CT molecular complexity index is 405. The first-order valence-corrected chi connectivity index (χ1v) is 8.17. The molecular formula is C13H20Br2N2O2. The highest BCUT2D eigenvalue weighted by atomic mass is 79.9. The first kappa shape index (κ1) is 15.5. The van der Waals surface area contributed by atoms with Crippen LogP contribution in [0.15, 0.2) is 19.6 Å². The average Bonchev–Trinajstić information content (AvgIpc) is 2.70. The summed E-state index contributed by atoms with van der Waals surface area (Å²) in [5.74, 6) is 0.897. The molecule has 3 atom stereocenters. The molecular weight excluding hydrogens is 376 g/mol. The summed E-state index contributed by atoms with van der Waals surface area (Å²) >= 11 is 6.84. The number of nitrogens with zero attached hydrogens (tertiary/aromatic N) is 1. The third-order valence-corrected chi connectivity index (χ3v) is 5.31. The van der Waals surface area contributed by atoms with Gasteiger partial charge in [-0.15, -0.1) is 0 Å². The highest BCUT2D eigenvalue weighted by Gasteiger charge is 2.33. The predicted octanol–water partition coefficient (Wildman–Crippen LogP) is 3.30. The van der Waals surface area contributed by atoms with Gasteiger partial charge in [-0.3, -0.25) is 4.90 Å². The van der Waals surface area contributed by atoms with Crippen molar-refractivity contribution in [2.24, 2.45) is 5.73 Å². The number of rotatable bonds is 4. The van der Waals surface area contributed by atoms with Gasteiger partial charge in [-0.2, -0.15) is 0 Å². The van der Waals surface area contributed by atoms with Crippen LogP contribution in [-0.4, -0.2) is 36.7 Å². The van der Waals surface area contributed by atoms with Crippen LogP contribution in [0.2, 0.25) is 0 Å². The van der Waals surface area contributed by atoms with Gasteiger partial charge in [-0.25, -0.2) is 0 Å². The Labute approximate surface area is 130 Å². The quantitative estimate of drug-likeness (QED) is 0.849. The molecule has 3 unspecified atom stereocenters. The van der Waals surface area contributed by atoms with E-state index in [1.54, 1.807) is 0 Å². The van der Waals surface area contributed by atoms with E-state index in [0.717, 1.165) is 34.5 Å². The molecule has 0 spiro atoms. The Hall–Kier alpha value is 0.120. The molecule has 1 fully saturated rings. The molecule has 6 heteroatoms. The third kappa shape index (κ3) is 3.42. The van der Waals surface area contributed by atoms with Gasteiger partial charge in [0.05, 0.1) is 23.2 Å². The smallest absolute Gasteiger partial charge is 0.183 e. The van der Waals surface area contributed by atoms with Crippen LogP contribution < -0.4 is 5.73 Å². The maximum Gasteiger partial charge on any atom is 0.183 e. The molecule has 0 radical (unpaired) electrons. The lowest BCUT2D eigenvalue weighted by Crippen LogP contribution is -2.51. The van der Waals surface area contributed by atoms with Crippen LogP contribution in [0, 0.1) is 0 Å². The van der Waals surface area contributed by atoms with Crippen LogP contribution in [0.3, 0.4) is 0 Å². The molecule has 0 saturated carbocycles. The summed E-state index contributed by atoms with van der Waals surface area (Å²) in [6.07, 6.45) is 1.28. The van der Waals surface area contributed by atoms with Gasteiger partial charge in [-0.05, 0) is 51.3 Å². The summed E-state index contributed by atoms with van der Waals surface area (Å²) in [5, 5.41) is 0. The zero-order valence-electron chi connectivity index (χ0n) is 11.2. The summed E-state index contributed by atoms with van der Waals surface area (Å²) in [6, 6.07) is 2.49. The molecule has 2 rings (SSSR count). The topological polar surface area (TPSA) is 51.6 Å². The lowest BCUT2D eigenvalue weighted by atomic mass is 10.1. The van der Waals surface area contributed by atoms with E-state index < -0.39 is 0 Å². The van der Waals surface area contributed by atoms with Crippen molar-refractivity contribution in [2.75, 3.05) is 19.7 Å². The van der Waals surface area contributed by atoms with Crippen molar-refractivity contribution in [1.82, 2.24) is 4.90 Å². The van der Waals surface area contributed by atoms with Crippen LogP contribution in [0.4, 0.5) is 0 Å². The van der Waals surface area contributed by atoms with Crippen LogP contribution >= 0.6 is 31.9 Å². The monoisotopic (exact) mass is 394 g/mol. The van der Waals surface area contributed by atoms with Gasteiger partial charge in [0.15, 0.2) is 4.67 Å². The maximum atomic E-state index is 5.98. The lowest BCUT2D eigenvalue weighted by molar-refractivity contribution is -0.0747. The highest BCUT2D eigenvalue weighted by Crippen LogP contribution is 2.34. The molecule has 2 N–H and O–H groups in total. The number of halogens is 2. The number of furan rings is 1. The Kier molecular flexibility index (Phi) is 5.48. The molecule has 1 aliphatic rings. The van der Waals surface area contributed by atoms with Crippen molar-refractivity contribution in [3.63, 3.8) is 0 Å². The molecule has 19 heavy (non-hydrogen) atoms. The van der Waals surface area contributed by atoms with E-state index in [4.69, 9.17) is 14.9 Å². The van der Waals surface area contributed by atoms with Crippen molar-refractivity contribution >= 4 is 31.9 Å². The third-order valence-electron chi connectivity index (χ3n) is 3.60. The van der Waals surface area contributed by atoms with Crippen molar-refractivity contribution in [3.05, 3.63) is 21.0 Å². The van der Waals surface area contributed by atoms with Gasteiger partial charge in [0, 0.05) is 19.1 Å². The fraction of sp³-hybridized carbons (Fsp3) is 0.692. The van der Waals surface area contributed by atoms with E-state index in [0.29, 0.717) is 12.6 Å². The molecule has 0 aromatic carbocycles. The minimum absolute atomic E-state index is 0.0962. The Morgan fingerprint density at radius 3 is 2.79 bits per heavy atom. The molecule has 0 amide bonds. The molecule has 2 heterocycles. The normalized spacial score (nSPS) is 26.6. The second kappa shape index (κ2) is 6.72. The lowest BCUT2D eigenvalue weighted by Gasteiger charge is -2.42. The minimum Gasteiger partial charge on any atom is -0.451 e. The molecule has 4 nitrogen and oxygen atoms in total. The minimum atomic E-state index is 0.0962. The number of morpholine rings is 1. The first-order chi connectivity index (χ1) is 9.06. The highest BCUT2D eigenvalue weighted by molar-refractivity contribution is 9.13. The maximum absolute atomic E-state index is 5.98. The van der Waals surface area contributed by atoms with E-state index >= 15 is 0 Å². The van der Waals surface area contributed by atoms with E-state index in [-0.39, 0.29) is 12.1 Å². The molecule has 1 saturated heterocycles. The van der Waals surface area contributed by atoms with Crippen LogP contribution in [0.25, 0.3) is 0 Å². The van der Waals surface area contributed by atoms with Crippen molar-refractivity contribution < 1.29 is 9.15 Å². The Morgan fingerprint density at radius 1 is 1.53 bits per heavy atom. The van der Waals surface area contributed by atoms with E-state index in [2.05, 4.69) is 50.6 Å². The van der Waals surface area contributed by atoms with Crippen LogP contribution in [0.5, 0.6) is 0 Å². The number of nitrogens with two attached hydrogens (primary N) is 1. The van der Waals surface area contributed by atoms with Crippen molar-refractivity contribution in [2.45, 2.75) is 38.5 Å². The van der Waals surface area contributed by atoms with Gasteiger partial charge < -0.3 is 14.9 Å². The largest absolute Gasteiger partial charge is 0.451 e. The zero-order chi connectivity index (χ0) is 14.0. The van der Waals surface area contributed by atoms with Gasteiger partial charge in [0.25, 0.3) is 0 Å². The molecule has 0 bridgehead atoms. The number of hydrogen-bond donors (Lipinski definition) is 1. The molecule has 108 valence electrons. The molecule has 1 aromatic rings. The van der Waals surface area contributed by atoms with Crippen LogP contribution in [0.1, 0.15) is 32.1 Å². The fourth-order valence-electron chi connectivity index (χ4n) is 2.55. The second-order valence-electron chi connectivity index (χ2n) is 4.92. The van der Waals surface area contributed by atoms with Crippen molar-refractivity contribution in [3.8, 4) is 0 Å². The summed E-state index contributed by atoms with van der Waals surface area (Å²) in [6.45, 7) is 6.46. The zero-order valence-corrected chi connectivity index (χ0v) is 14.4. The SMILES string of the molecule is CCC1COC(C)CN1C(CN)c1cc(Br)c(Br)o1. The van der Waals surface area contributed by atoms with E-state index in [1.165, 1.54) is 0 Å². The summed E-state index contributed by atoms with van der Waals surface area (Å²) < 4.78 is 13.1. The van der Waals surface area contributed by atoms with E-state index in [1.807, 2.05) is 6.07 Å². The number of hydrogen-bond acceptors (Lipinski definition) is 4. The fourth-order valence-corrected chi connectivity index (χ4v) is 3.15. The van der Waals surface area contributed by atoms with Crippen molar-refractivity contribution in [1.29, 1.82) is 0 Å². The molecule has 1 aliphatic heterocycles. The summed E-state index contributed by atoms with van der Waals surface area (Å²) in [5.41, 5.74) is 5.98. The number of ether oxygens (including phenoxy) is 1. The first-order valence-electron chi connectivity index (χ1n) is 6.58. The van der Waals surface area contributed by atoms with E-state index in [9.17, 15) is 0 Å². The Balaban J connectivity index is 2.23. The standard InChI is InChI=1S/C13H20Br2N2O2/c1-3-9-7-18-8(2)6-17(9)11(5-16)12-4-10(14)13(15)19-12/h4,8-9,11H,3,5-7,16H2,1-2H3. The summed E-state index contributed by atoms with van der Waals surface area (Å²) in [7, 11) is 0. The average molecular weight is 396 g/mol. The van der Waals surface area contributed by atoms with Gasteiger partial charge in [0.1, 0.15) is 5.76 Å². The van der Waals surface area contributed by atoms with Gasteiger partial charge in [0.2, 0.25) is 0 Å². The molecule has 1 aromatic heterocycles.